The number of amides is 2. The van der Waals surface area contributed by atoms with Crippen molar-refractivity contribution in [3.63, 3.8) is 0 Å². The first kappa shape index (κ1) is 17.8. The van der Waals surface area contributed by atoms with Crippen LogP contribution in [0.5, 0.6) is 0 Å². The largest absolute Gasteiger partial charge is 0.347 e. The van der Waals surface area contributed by atoms with E-state index >= 15 is 0 Å². The van der Waals surface area contributed by atoms with Gasteiger partial charge in [-0.15, -0.1) is 0 Å². The first-order valence-corrected chi connectivity index (χ1v) is 8.49. The van der Waals surface area contributed by atoms with E-state index in [1.54, 1.807) is 17.0 Å². The van der Waals surface area contributed by atoms with E-state index in [0.29, 0.717) is 17.7 Å². The average Bonchev–Trinajstić information content (AvgIpc) is 3.16. The fourth-order valence-electron chi connectivity index (χ4n) is 2.62. The van der Waals surface area contributed by atoms with Crippen molar-refractivity contribution in [1.29, 1.82) is 0 Å². The third kappa shape index (κ3) is 4.35. The molecule has 0 unspecified atom stereocenters. The molecule has 138 valence electrons. The zero-order valence-electron chi connectivity index (χ0n) is 14.9. The summed E-state index contributed by atoms with van der Waals surface area (Å²) in [6, 6.07) is 5.47. The van der Waals surface area contributed by atoms with E-state index in [1.807, 2.05) is 14.1 Å². The van der Waals surface area contributed by atoms with E-state index < -0.39 is 11.8 Å². The normalized spacial score (nSPS) is 13.6. The monoisotopic (exact) mass is 359 g/mol. The second kappa shape index (κ2) is 7.94. The SMILES string of the molecule is CN(C)c1nc(CNC(=O)Nc2ccccc2F)nc(N2CCCC2)n1. The Bertz CT molecular complexity index is 777. The van der Waals surface area contributed by atoms with Gasteiger partial charge in [0.05, 0.1) is 12.2 Å². The highest BCUT2D eigenvalue weighted by molar-refractivity contribution is 5.89. The van der Waals surface area contributed by atoms with Crippen LogP contribution in [0.2, 0.25) is 0 Å². The Kier molecular flexibility index (Phi) is 5.45. The highest BCUT2D eigenvalue weighted by Gasteiger charge is 2.18. The van der Waals surface area contributed by atoms with Crippen LogP contribution in [0.1, 0.15) is 18.7 Å². The zero-order chi connectivity index (χ0) is 18.5. The second-order valence-corrected chi connectivity index (χ2v) is 6.23. The Labute approximate surface area is 151 Å². The lowest BCUT2D eigenvalue weighted by molar-refractivity contribution is 0.251. The van der Waals surface area contributed by atoms with Gasteiger partial charge in [0, 0.05) is 27.2 Å². The predicted molar refractivity (Wildman–Crippen MR) is 97.9 cm³/mol. The van der Waals surface area contributed by atoms with Gasteiger partial charge in [0.1, 0.15) is 5.82 Å². The van der Waals surface area contributed by atoms with Crippen LogP contribution < -0.4 is 20.4 Å². The number of aromatic nitrogens is 3. The molecule has 26 heavy (non-hydrogen) atoms. The highest BCUT2D eigenvalue weighted by Crippen LogP contribution is 2.18. The number of hydrogen-bond acceptors (Lipinski definition) is 6. The molecule has 1 aliphatic heterocycles. The Balaban J connectivity index is 1.68. The van der Waals surface area contributed by atoms with Crippen LogP contribution in [0, 0.1) is 5.82 Å². The van der Waals surface area contributed by atoms with Gasteiger partial charge in [0.15, 0.2) is 5.82 Å². The average molecular weight is 359 g/mol. The van der Waals surface area contributed by atoms with E-state index in [4.69, 9.17) is 0 Å². The molecule has 2 aromatic rings. The van der Waals surface area contributed by atoms with Crippen molar-refractivity contribution < 1.29 is 9.18 Å². The summed E-state index contributed by atoms with van der Waals surface area (Å²) in [4.78, 5) is 29.2. The first-order valence-electron chi connectivity index (χ1n) is 8.49. The predicted octanol–water partition coefficient (Wildman–Crippen LogP) is 2.00. The van der Waals surface area contributed by atoms with Crippen molar-refractivity contribution in [2.45, 2.75) is 19.4 Å². The minimum Gasteiger partial charge on any atom is -0.347 e. The van der Waals surface area contributed by atoms with Crippen molar-refractivity contribution in [1.82, 2.24) is 20.3 Å². The van der Waals surface area contributed by atoms with Gasteiger partial charge in [-0.3, -0.25) is 0 Å². The van der Waals surface area contributed by atoms with E-state index in [1.165, 1.54) is 12.1 Å². The maximum absolute atomic E-state index is 13.6. The minimum absolute atomic E-state index is 0.116. The van der Waals surface area contributed by atoms with Crippen LogP contribution in [0.25, 0.3) is 0 Å². The molecule has 3 rings (SSSR count). The molecule has 1 saturated heterocycles. The van der Waals surface area contributed by atoms with Crippen LogP contribution in [0.3, 0.4) is 0 Å². The summed E-state index contributed by atoms with van der Waals surface area (Å²) in [7, 11) is 3.70. The van der Waals surface area contributed by atoms with Gasteiger partial charge in [-0.05, 0) is 25.0 Å². The van der Waals surface area contributed by atoms with Crippen LogP contribution in [0.15, 0.2) is 24.3 Å². The fraction of sp³-hybridized carbons (Fsp3) is 0.412. The van der Waals surface area contributed by atoms with Crippen LogP contribution >= 0.6 is 0 Å². The molecule has 0 spiro atoms. The van der Waals surface area contributed by atoms with Gasteiger partial charge in [0.2, 0.25) is 11.9 Å². The summed E-state index contributed by atoms with van der Waals surface area (Å²) in [5.74, 6) is 1.11. The van der Waals surface area contributed by atoms with Crippen LogP contribution in [0.4, 0.5) is 26.8 Å². The number of benzene rings is 1. The van der Waals surface area contributed by atoms with Crippen molar-refractivity contribution in [2.24, 2.45) is 0 Å². The van der Waals surface area contributed by atoms with E-state index in [9.17, 15) is 9.18 Å². The molecule has 9 heteroatoms. The lowest BCUT2D eigenvalue weighted by atomic mass is 10.3. The molecule has 0 bridgehead atoms. The lowest BCUT2D eigenvalue weighted by Gasteiger charge is -2.19. The summed E-state index contributed by atoms with van der Waals surface area (Å²) >= 11 is 0. The Morgan fingerprint density at radius 2 is 1.92 bits per heavy atom. The summed E-state index contributed by atoms with van der Waals surface area (Å²) < 4.78 is 13.6. The summed E-state index contributed by atoms with van der Waals surface area (Å²) in [5, 5.41) is 5.12. The maximum atomic E-state index is 13.6. The van der Waals surface area contributed by atoms with Gasteiger partial charge in [-0.25, -0.2) is 9.18 Å². The lowest BCUT2D eigenvalue weighted by Crippen LogP contribution is -2.30. The number of nitrogens with zero attached hydrogens (tertiary/aromatic N) is 5. The van der Waals surface area contributed by atoms with Gasteiger partial charge < -0.3 is 20.4 Å². The van der Waals surface area contributed by atoms with E-state index in [2.05, 4.69) is 30.5 Å². The Morgan fingerprint density at radius 3 is 2.62 bits per heavy atom. The standard InChI is InChI=1S/C17H22FN7O/c1-24(2)15-21-14(22-16(23-15)25-9-5-6-10-25)11-19-17(26)20-13-8-4-3-7-12(13)18/h3-4,7-8H,5-6,9-11H2,1-2H3,(H2,19,20,26). The van der Waals surface area contributed by atoms with E-state index in [-0.39, 0.29) is 12.2 Å². The molecule has 8 nitrogen and oxygen atoms in total. The number of urea groups is 1. The summed E-state index contributed by atoms with van der Waals surface area (Å²) in [6.07, 6.45) is 2.23. The van der Waals surface area contributed by atoms with Gasteiger partial charge >= 0.3 is 6.03 Å². The number of rotatable bonds is 5. The van der Waals surface area contributed by atoms with Crippen LogP contribution in [-0.2, 0) is 6.54 Å². The number of nitrogens with one attached hydrogen (secondary N) is 2. The van der Waals surface area contributed by atoms with Gasteiger partial charge in [-0.1, -0.05) is 12.1 Å². The molecule has 0 radical (unpaired) electrons. The molecule has 2 amide bonds. The minimum atomic E-state index is -0.523. The molecular weight excluding hydrogens is 337 g/mol. The first-order chi connectivity index (χ1) is 12.5. The molecule has 2 N–H and O–H groups in total. The third-order valence-corrected chi connectivity index (χ3v) is 3.98. The van der Waals surface area contributed by atoms with Crippen molar-refractivity contribution in [3.8, 4) is 0 Å². The number of carbonyl (C=O) groups excluding carboxylic acids is 1. The highest BCUT2D eigenvalue weighted by atomic mass is 19.1. The van der Waals surface area contributed by atoms with Gasteiger partial charge in [-0.2, -0.15) is 15.0 Å². The molecule has 1 aromatic heterocycles. The molecule has 0 aliphatic carbocycles. The van der Waals surface area contributed by atoms with Crippen molar-refractivity contribution >= 4 is 23.6 Å². The topological polar surface area (TPSA) is 86.3 Å². The smallest absolute Gasteiger partial charge is 0.319 e. The Morgan fingerprint density at radius 1 is 1.19 bits per heavy atom. The second-order valence-electron chi connectivity index (χ2n) is 6.23. The van der Waals surface area contributed by atoms with Crippen molar-refractivity contribution in [3.05, 3.63) is 35.9 Å². The summed E-state index contributed by atoms with van der Waals surface area (Å²) in [5.41, 5.74) is 0.118. The van der Waals surface area contributed by atoms with Crippen molar-refractivity contribution in [2.75, 3.05) is 42.3 Å². The molecule has 1 aliphatic rings. The summed E-state index contributed by atoms with van der Waals surface area (Å²) in [6.45, 7) is 1.94. The number of hydrogen-bond donors (Lipinski definition) is 2. The zero-order valence-corrected chi connectivity index (χ0v) is 14.9. The number of para-hydroxylation sites is 1. The maximum Gasteiger partial charge on any atom is 0.319 e. The quantitative estimate of drug-likeness (QED) is 0.849. The number of carbonyl (C=O) groups is 1. The van der Waals surface area contributed by atoms with Crippen LogP contribution in [-0.4, -0.2) is 48.2 Å². The number of halogens is 1. The fourth-order valence-corrected chi connectivity index (χ4v) is 2.62. The molecular formula is C17H22FN7O. The van der Waals surface area contributed by atoms with Gasteiger partial charge in [0.25, 0.3) is 0 Å². The molecule has 0 saturated carbocycles. The molecule has 2 heterocycles. The Hall–Kier alpha value is -2.97. The molecule has 1 fully saturated rings. The van der Waals surface area contributed by atoms with E-state index in [0.717, 1.165) is 25.9 Å². The molecule has 0 atom stereocenters. The number of anilines is 3. The molecule has 1 aromatic carbocycles. The third-order valence-electron chi connectivity index (χ3n) is 3.98.